The zero-order valence-corrected chi connectivity index (χ0v) is 11.5. The van der Waals surface area contributed by atoms with Crippen molar-refractivity contribution in [3.8, 4) is 0 Å². The van der Waals surface area contributed by atoms with E-state index >= 15 is 0 Å². The maximum Gasteiger partial charge on any atom is 0.372 e. The summed E-state index contributed by atoms with van der Waals surface area (Å²) in [6.45, 7) is 2.22. The molecule has 104 valence electrons. The van der Waals surface area contributed by atoms with E-state index < -0.39 is 5.97 Å². The van der Waals surface area contributed by atoms with Crippen molar-refractivity contribution in [2.75, 3.05) is 6.54 Å². The number of carbonyl (C=O) groups excluding carboxylic acids is 1. The van der Waals surface area contributed by atoms with Gasteiger partial charge in [0.15, 0.2) is 0 Å². The molecule has 2 aromatic rings. The van der Waals surface area contributed by atoms with E-state index in [1.165, 1.54) is 6.92 Å². The Balaban J connectivity index is 2.30. The monoisotopic (exact) mass is 293 g/mol. The number of rotatable bonds is 1. The molecule has 0 radical (unpaired) electrons. The Hall–Kier alpha value is -2.01. The van der Waals surface area contributed by atoms with Gasteiger partial charge in [0.25, 0.3) is 0 Å². The normalized spacial score (nSPS) is 14.4. The smallest absolute Gasteiger partial charge is 0.372 e. The third kappa shape index (κ3) is 1.86. The summed E-state index contributed by atoms with van der Waals surface area (Å²) < 4.78 is 5.41. The molecule has 0 unspecified atom stereocenters. The molecule has 1 amide bonds. The largest absolute Gasteiger partial charge is 0.475 e. The number of carboxylic acid groups (broad SMARTS) is 1. The number of hydrogen-bond donors (Lipinski definition) is 1. The van der Waals surface area contributed by atoms with Gasteiger partial charge >= 0.3 is 5.97 Å². The molecule has 0 saturated heterocycles. The average molecular weight is 294 g/mol. The van der Waals surface area contributed by atoms with Crippen LogP contribution in [-0.4, -0.2) is 28.4 Å². The lowest BCUT2D eigenvalue weighted by Gasteiger charge is -2.18. The molecule has 0 atom stereocenters. The number of benzene rings is 1. The van der Waals surface area contributed by atoms with Crippen molar-refractivity contribution in [1.29, 1.82) is 0 Å². The summed E-state index contributed by atoms with van der Waals surface area (Å²) in [5.74, 6) is -1.35. The Morgan fingerprint density at radius 2 is 2.10 bits per heavy atom. The Labute approximate surface area is 119 Å². The summed E-state index contributed by atoms with van der Waals surface area (Å²) >= 11 is 6.21. The lowest BCUT2D eigenvalue weighted by Crippen LogP contribution is -2.29. The molecule has 0 bridgehead atoms. The number of carbonyl (C=O) groups is 2. The lowest BCUT2D eigenvalue weighted by atomic mass is 10.0. The third-order valence-electron chi connectivity index (χ3n) is 3.63. The predicted octanol–water partition coefficient (Wildman–Crippen LogP) is 2.69. The van der Waals surface area contributed by atoms with Crippen LogP contribution in [0.15, 0.2) is 16.5 Å². The highest BCUT2D eigenvalue weighted by Gasteiger charge is 2.28. The highest BCUT2D eigenvalue weighted by atomic mass is 35.5. The quantitative estimate of drug-likeness (QED) is 0.877. The lowest BCUT2D eigenvalue weighted by molar-refractivity contribution is -0.129. The number of furan rings is 1. The van der Waals surface area contributed by atoms with E-state index in [4.69, 9.17) is 16.0 Å². The minimum Gasteiger partial charge on any atom is -0.475 e. The fourth-order valence-corrected chi connectivity index (χ4v) is 2.91. The number of amides is 1. The van der Waals surface area contributed by atoms with Gasteiger partial charge in [-0.2, -0.15) is 0 Å². The molecular weight excluding hydrogens is 282 g/mol. The van der Waals surface area contributed by atoms with Gasteiger partial charge in [-0.05, 0) is 24.1 Å². The molecule has 6 heteroatoms. The van der Waals surface area contributed by atoms with Gasteiger partial charge in [-0.3, -0.25) is 4.79 Å². The van der Waals surface area contributed by atoms with Gasteiger partial charge < -0.3 is 14.4 Å². The Bertz CT molecular complexity index is 734. The fourth-order valence-electron chi connectivity index (χ4n) is 2.66. The van der Waals surface area contributed by atoms with Crippen LogP contribution >= 0.6 is 11.6 Å². The molecule has 3 rings (SSSR count). The van der Waals surface area contributed by atoms with Crippen molar-refractivity contribution in [1.82, 2.24) is 4.90 Å². The summed E-state index contributed by atoms with van der Waals surface area (Å²) in [6, 6.07) is 3.36. The van der Waals surface area contributed by atoms with Crippen LogP contribution in [0.5, 0.6) is 0 Å². The van der Waals surface area contributed by atoms with Crippen LogP contribution in [0.3, 0.4) is 0 Å². The average Bonchev–Trinajstić information content (AvgIpc) is 2.62. The molecule has 1 aromatic heterocycles. The van der Waals surface area contributed by atoms with E-state index in [-0.39, 0.29) is 18.2 Å². The zero-order chi connectivity index (χ0) is 14.4. The topological polar surface area (TPSA) is 70.8 Å². The second-order valence-corrected chi connectivity index (χ2v) is 5.21. The number of hydrogen-bond acceptors (Lipinski definition) is 3. The fraction of sp³-hybridized carbons (Fsp3) is 0.286. The number of carboxylic acids is 1. The van der Waals surface area contributed by atoms with Crippen LogP contribution in [0.2, 0.25) is 5.02 Å². The summed E-state index contributed by atoms with van der Waals surface area (Å²) in [5.41, 5.74) is 1.87. The number of nitrogens with zero attached hydrogens (tertiary/aromatic N) is 1. The molecule has 1 aromatic carbocycles. The van der Waals surface area contributed by atoms with Crippen molar-refractivity contribution in [2.24, 2.45) is 0 Å². The van der Waals surface area contributed by atoms with Crippen LogP contribution < -0.4 is 0 Å². The second-order valence-electron chi connectivity index (χ2n) is 4.80. The maximum atomic E-state index is 11.6. The van der Waals surface area contributed by atoms with Crippen molar-refractivity contribution in [3.05, 3.63) is 34.0 Å². The van der Waals surface area contributed by atoms with Crippen molar-refractivity contribution < 1.29 is 19.1 Å². The van der Waals surface area contributed by atoms with Crippen LogP contribution in [0.1, 0.15) is 28.6 Å². The van der Waals surface area contributed by atoms with Crippen LogP contribution in [0, 0.1) is 0 Å². The van der Waals surface area contributed by atoms with Crippen molar-refractivity contribution >= 4 is 34.4 Å². The Morgan fingerprint density at radius 1 is 1.35 bits per heavy atom. The van der Waals surface area contributed by atoms with Gasteiger partial charge in [0.2, 0.25) is 11.7 Å². The van der Waals surface area contributed by atoms with E-state index in [9.17, 15) is 14.7 Å². The van der Waals surface area contributed by atoms with Crippen molar-refractivity contribution in [2.45, 2.75) is 19.9 Å². The predicted molar refractivity (Wildman–Crippen MR) is 73.0 cm³/mol. The number of halogens is 1. The van der Waals surface area contributed by atoms with E-state index in [1.54, 1.807) is 17.0 Å². The highest BCUT2D eigenvalue weighted by Crippen LogP contribution is 2.36. The molecule has 0 fully saturated rings. The second kappa shape index (κ2) is 4.52. The minimum absolute atomic E-state index is 0.0976. The Kier molecular flexibility index (Phi) is 2.94. The zero-order valence-electron chi connectivity index (χ0n) is 10.8. The standard InChI is InChI=1S/C14H12ClNO4/c1-7(17)16-5-4-8-10(15)2-3-11-12(8)9(6-16)13(20-11)14(18)19/h2-3H,4-6H2,1H3,(H,18,19). The van der Waals surface area contributed by atoms with Crippen molar-refractivity contribution in [3.63, 3.8) is 0 Å². The molecule has 1 aliphatic heterocycles. The first kappa shape index (κ1) is 13.0. The van der Waals surface area contributed by atoms with Gasteiger partial charge in [0.1, 0.15) is 5.58 Å². The first-order chi connectivity index (χ1) is 9.49. The summed E-state index contributed by atoms with van der Waals surface area (Å²) in [5, 5.41) is 10.6. The van der Waals surface area contributed by atoms with Crippen LogP contribution in [0.25, 0.3) is 11.0 Å². The van der Waals surface area contributed by atoms with Crippen LogP contribution in [0.4, 0.5) is 0 Å². The molecule has 0 saturated carbocycles. The molecule has 1 N–H and O–H groups in total. The minimum atomic E-state index is -1.14. The molecule has 0 spiro atoms. The third-order valence-corrected chi connectivity index (χ3v) is 3.98. The molecule has 1 aliphatic rings. The molecule has 20 heavy (non-hydrogen) atoms. The van der Waals surface area contributed by atoms with Gasteiger partial charge in [-0.15, -0.1) is 0 Å². The molecule has 2 heterocycles. The van der Waals surface area contributed by atoms with E-state index in [0.29, 0.717) is 29.1 Å². The van der Waals surface area contributed by atoms with Crippen LogP contribution in [-0.2, 0) is 17.8 Å². The van der Waals surface area contributed by atoms with Gasteiger partial charge in [0.05, 0.1) is 6.54 Å². The molecule has 0 aliphatic carbocycles. The summed E-state index contributed by atoms with van der Waals surface area (Å²) in [4.78, 5) is 24.6. The SMILES string of the molecule is CC(=O)N1CCc2c(Cl)ccc3oc(C(=O)O)c(c23)C1. The number of aromatic carboxylic acids is 1. The molecular formula is C14H12ClNO4. The first-order valence-corrected chi connectivity index (χ1v) is 6.58. The van der Waals surface area contributed by atoms with Gasteiger partial charge in [0, 0.05) is 29.4 Å². The summed E-state index contributed by atoms with van der Waals surface area (Å²) in [6.07, 6.45) is 0.585. The van der Waals surface area contributed by atoms with E-state index in [1.807, 2.05) is 0 Å². The van der Waals surface area contributed by atoms with E-state index in [0.717, 1.165) is 10.9 Å². The highest BCUT2D eigenvalue weighted by molar-refractivity contribution is 6.32. The van der Waals surface area contributed by atoms with E-state index in [2.05, 4.69) is 0 Å². The summed E-state index contributed by atoms with van der Waals surface area (Å²) in [7, 11) is 0. The molecule has 5 nitrogen and oxygen atoms in total. The van der Waals surface area contributed by atoms with Gasteiger partial charge in [-0.25, -0.2) is 4.79 Å². The maximum absolute atomic E-state index is 11.6. The Morgan fingerprint density at radius 3 is 2.75 bits per heavy atom. The first-order valence-electron chi connectivity index (χ1n) is 6.20. The van der Waals surface area contributed by atoms with Gasteiger partial charge in [-0.1, -0.05) is 11.6 Å².